The van der Waals surface area contributed by atoms with Gasteiger partial charge in [-0.1, -0.05) is 23.8 Å². The number of carbonyl (C=O) groups is 1. The summed E-state index contributed by atoms with van der Waals surface area (Å²) in [7, 11) is -3.83. The maximum atomic E-state index is 12.9. The minimum Gasteiger partial charge on any atom is -0.357 e. The van der Waals surface area contributed by atoms with Gasteiger partial charge in [0.05, 0.1) is 16.8 Å². The summed E-state index contributed by atoms with van der Waals surface area (Å²) < 4.78 is 28.2. The van der Waals surface area contributed by atoms with Crippen LogP contribution in [-0.2, 0) is 10.0 Å². The third-order valence-electron chi connectivity index (χ3n) is 5.50. The Balaban J connectivity index is 1.51. The zero-order chi connectivity index (χ0) is 22.7. The summed E-state index contributed by atoms with van der Waals surface area (Å²) in [6.07, 6.45) is 3.95. The second-order valence-electron chi connectivity index (χ2n) is 8.00. The molecular weight excluding hydrogens is 424 g/mol. The second-order valence-corrected chi connectivity index (χ2v) is 9.68. The molecule has 0 radical (unpaired) electrons. The molecule has 4 rings (SSSR count). The van der Waals surface area contributed by atoms with Crippen LogP contribution in [0.5, 0.6) is 0 Å². The Morgan fingerprint density at radius 2 is 1.62 bits per heavy atom. The van der Waals surface area contributed by atoms with E-state index in [4.69, 9.17) is 0 Å². The third-order valence-corrected chi connectivity index (χ3v) is 6.88. The minimum atomic E-state index is -3.83. The molecule has 2 N–H and O–H groups in total. The molecule has 1 saturated heterocycles. The van der Waals surface area contributed by atoms with Crippen LogP contribution < -0.4 is 14.9 Å². The van der Waals surface area contributed by atoms with Gasteiger partial charge >= 0.3 is 0 Å². The van der Waals surface area contributed by atoms with E-state index in [-0.39, 0.29) is 10.8 Å². The maximum absolute atomic E-state index is 12.9. The SMILES string of the molecule is Cc1ccc(NS(=O)(=O)c2ccc(C)c(C(=O)Nc3ccc(N4CCCC4)nc3)c2)cc1. The van der Waals surface area contributed by atoms with Gasteiger partial charge in [-0.15, -0.1) is 0 Å². The molecule has 1 fully saturated rings. The molecule has 166 valence electrons. The first-order valence-electron chi connectivity index (χ1n) is 10.5. The van der Waals surface area contributed by atoms with Gasteiger partial charge < -0.3 is 10.2 Å². The van der Waals surface area contributed by atoms with Crippen molar-refractivity contribution in [1.29, 1.82) is 0 Å². The molecule has 1 aromatic heterocycles. The lowest BCUT2D eigenvalue weighted by molar-refractivity contribution is 0.102. The average molecular weight is 451 g/mol. The lowest BCUT2D eigenvalue weighted by atomic mass is 10.1. The molecule has 0 saturated carbocycles. The second kappa shape index (κ2) is 9.00. The summed E-state index contributed by atoms with van der Waals surface area (Å²) in [5, 5.41) is 2.82. The van der Waals surface area contributed by atoms with Crippen LogP contribution in [0.25, 0.3) is 0 Å². The molecule has 32 heavy (non-hydrogen) atoms. The molecule has 1 amide bonds. The summed E-state index contributed by atoms with van der Waals surface area (Å²) >= 11 is 0. The van der Waals surface area contributed by atoms with E-state index in [1.165, 1.54) is 12.1 Å². The van der Waals surface area contributed by atoms with Gasteiger partial charge in [0.1, 0.15) is 5.82 Å². The number of aryl methyl sites for hydroxylation is 2. The first-order chi connectivity index (χ1) is 15.3. The van der Waals surface area contributed by atoms with Gasteiger partial charge in [0.15, 0.2) is 0 Å². The number of anilines is 3. The molecule has 0 unspecified atom stereocenters. The summed E-state index contributed by atoms with van der Waals surface area (Å²) in [6, 6.07) is 15.3. The molecule has 1 aliphatic heterocycles. The van der Waals surface area contributed by atoms with Crippen molar-refractivity contribution < 1.29 is 13.2 Å². The van der Waals surface area contributed by atoms with Crippen molar-refractivity contribution >= 4 is 33.1 Å². The maximum Gasteiger partial charge on any atom is 0.261 e. The summed E-state index contributed by atoms with van der Waals surface area (Å²) in [5.74, 6) is 0.512. The highest BCUT2D eigenvalue weighted by Crippen LogP contribution is 2.22. The van der Waals surface area contributed by atoms with E-state index in [1.54, 1.807) is 31.3 Å². The largest absolute Gasteiger partial charge is 0.357 e. The lowest BCUT2D eigenvalue weighted by Crippen LogP contribution is -2.19. The van der Waals surface area contributed by atoms with E-state index < -0.39 is 10.0 Å². The zero-order valence-corrected chi connectivity index (χ0v) is 18.9. The van der Waals surface area contributed by atoms with Crippen LogP contribution in [0.3, 0.4) is 0 Å². The zero-order valence-electron chi connectivity index (χ0n) is 18.1. The highest BCUT2D eigenvalue weighted by molar-refractivity contribution is 7.92. The first-order valence-corrected chi connectivity index (χ1v) is 12.0. The van der Waals surface area contributed by atoms with Crippen molar-refractivity contribution in [2.24, 2.45) is 0 Å². The molecule has 8 heteroatoms. The van der Waals surface area contributed by atoms with Crippen molar-refractivity contribution in [3.63, 3.8) is 0 Å². The number of hydrogen-bond donors (Lipinski definition) is 2. The smallest absolute Gasteiger partial charge is 0.261 e. The van der Waals surface area contributed by atoms with Crippen molar-refractivity contribution in [1.82, 2.24) is 4.98 Å². The van der Waals surface area contributed by atoms with Crippen LogP contribution in [-0.4, -0.2) is 32.4 Å². The number of hydrogen-bond acceptors (Lipinski definition) is 5. The number of amides is 1. The molecule has 1 aliphatic rings. The van der Waals surface area contributed by atoms with E-state index in [2.05, 4.69) is 19.9 Å². The van der Waals surface area contributed by atoms with Gasteiger partial charge in [-0.25, -0.2) is 13.4 Å². The number of nitrogens with zero attached hydrogens (tertiary/aromatic N) is 2. The Bertz CT molecular complexity index is 1220. The quantitative estimate of drug-likeness (QED) is 0.583. The number of sulfonamides is 1. The predicted octanol–water partition coefficient (Wildman–Crippen LogP) is 4.35. The third kappa shape index (κ3) is 4.91. The first kappa shape index (κ1) is 21.8. The molecule has 0 spiro atoms. The number of aromatic nitrogens is 1. The summed E-state index contributed by atoms with van der Waals surface area (Å²) in [4.78, 5) is 19.6. The Kier molecular flexibility index (Phi) is 6.14. The van der Waals surface area contributed by atoms with Gasteiger partial charge in [-0.3, -0.25) is 9.52 Å². The van der Waals surface area contributed by atoms with Gasteiger partial charge in [-0.05, 0) is 68.7 Å². The van der Waals surface area contributed by atoms with E-state index in [9.17, 15) is 13.2 Å². The number of benzene rings is 2. The number of rotatable bonds is 6. The average Bonchev–Trinajstić information content (AvgIpc) is 3.31. The molecule has 7 nitrogen and oxygen atoms in total. The normalized spacial score (nSPS) is 13.8. The van der Waals surface area contributed by atoms with Crippen molar-refractivity contribution in [2.75, 3.05) is 28.0 Å². The fourth-order valence-corrected chi connectivity index (χ4v) is 4.72. The molecule has 0 atom stereocenters. The molecule has 2 heterocycles. The van der Waals surface area contributed by atoms with Crippen LogP contribution in [0.2, 0.25) is 0 Å². The van der Waals surface area contributed by atoms with Crippen LogP contribution in [0.15, 0.2) is 65.7 Å². The lowest BCUT2D eigenvalue weighted by Gasteiger charge is -2.16. The Labute approximate surface area is 188 Å². The predicted molar refractivity (Wildman–Crippen MR) is 127 cm³/mol. The van der Waals surface area contributed by atoms with Crippen LogP contribution >= 0.6 is 0 Å². The van der Waals surface area contributed by atoms with Crippen molar-refractivity contribution in [2.45, 2.75) is 31.6 Å². The van der Waals surface area contributed by atoms with E-state index >= 15 is 0 Å². The minimum absolute atomic E-state index is 0.0244. The van der Waals surface area contributed by atoms with Crippen molar-refractivity contribution in [3.05, 3.63) is 77.5 Å². The Morgan fingerprint density at radius 3 is 2.28 bits per heavy atom. The van der Waals surface area contributed by atoms with Crippen LogP contribution in [0.1, 0.15) is 34.3 Å². The van der Waals surface area contributed by atoms with Crippen molar-refractivity contribution in [3.8, 4) is 0 Å². The van der Waals surface area contributed by atoms with E-state index in [1.807, 2.05) is 31.2 Å². The molecule has 2 aromatic carbocycles. The van der Waals surface area contributed by atoms with Gasteiger partial charge in [0.2, 0.25) is 0 Å². The summed E-state index contributed by atoms with van der Waals surface area (Å²) in [6.45, 7) is 5.69. The van der Waals surface area contributed by atoms with E-state index in [0.717, 1.165) is 37.3 Å². The van der Waals surface area contributed by atoms with Gasteiger partial charge in [0.25, 0.3) is 15.9 Å². The molecular formula is C24H26N4O3S. The highest BCUT2D eigenvalue weighted by Gasteiger charge is 2.19. The Morgan fingerprint density at radius 1 is 0.938 bits per heavy atom. The molecule has 0 aliphatic carbocycles. The van der Waals surface area contributed by atoms with E-state index in [0.29, 0.717) is 22.5 Å². The molecule has 0 bridgehead atoms. The summed E-state index contributed by atoms with van der Waals surface area (Å²) in [5.41, 5.74) is 3.03. The fourth-order valence-electron chi connectivity index (χ4n) is 3.64. The Hall–Kier alpha value is -3.39. The topological polar surface area (TPSA) is 91.4 Å². The number of pyridine rings is 1. The number of nitrogens with one attached hydrogen (secondary N) is 2. The fraction of sp³-hybridized carbons (Fsp3) is 0.250. The standard InChI is InChI=1S/C24H26N4O3S/c1-17-5-8-19(9-6-17)27-32(30,31)21-11-7-18(2)22(15-21)24(29)26-20-10-12-23(25-16-20)28-13-3-4-14-28/h5-12,15-16,27H,3-4,13-14H2,1-2H3,(H,26,29). The van der Waals surface area contributed by atoms with Crippen LogP contribution in [0, 0.1) is 13.8 Å². The molecule has 3 aromatic rings. The van der Waals surface area contributed by atoms with Crippen LogP contribution in [0.4, 0.5) is 17.2 Å². The van der Waals surface area contributed by atoms with Gasteiger partial charge in [0, 0.05) is 24.3 Å². The number of carbonyl (C=O) groups excluding carboxylic acids is 1. The highest BCUT2D eigenvalue weighted by atomic mass is 32.2. The van der Waals surface area contributed by atoms with Gasteiger partial charge in [-0.2, -0.15) is 0 Å². The monoisotopic (exact) mass is 450 g/mol.